The summed E-state index contributed by atoms with van der Waals surface area (Å²) in [5.74, 6) is -0.000724. The highest BCUT2D eigenvalue weighted by molar-refractivity contribution is 5.76. The number of amides is 1. The lowest BCUT2D eigenvalue weighted by Gasteiger charge is -2.22. The molecule has 0 radical (unpaired) electrons. The molecule has 0 saturated heterocycles. The molecule has 0 aromatic carbocycles. The maximum Gasteiger partial charge on any atom is 0.305 e. The molecule has 0 aliphatic heterocycles. The Balaban J connectivity index is 3.31. The molecule has 490 valence electrons. The van der Waals surface area contributed by atoms with E-state index in [1.165, 1.54) is 379 Å². The van der Waals surface area contributed by atoms with E-state index < -0.39 is 12.1 Å². The van der Waals surface area contributed by atoms with E-state index in [1.807, 2.05) is 0 Å². The van der Waals surface area contributed by atoms with Gasteiger partial charge in [-0.15, -0.1) is 0 Å². The van der Waals surface area contributed by atoms with Crippen LogP contribution in [0.15, 0.2) is 0 Å². The normalized spacial score (nSPS) is 12.4. The summed E-state index contributed by atoms with van der Waals surface area (Å²) in [7, 11) is 0. The number of aliphatic hydroxyl groups excluding tert-OH is 2. The number of unbranched alkanes of at least 4 members (excludes halogenated alkanes) is 62. The minimum absolute atomic E-state index is 0.0258. The number of aliphatic hydroxyl groups is 2. The van der Waals surface area contributed by atoms with Crippen LogP contribution in [0.2, 0.25) is 0 Å². The van der Waals surface area contributed by atoms with Crippen LogP contribution in [-0.4, -0.2) is 47.4 Å². The van der Waals surface area contributed by atoms with Gasteiger partial charge in [-0.05, 0) is 25.7 Å². The van der Waals surface area contributed by atoms with E-state index in [2.05, 4.69) is 19.2 Å². The molecule has 0 aliphatic rings. The third-order valence-corrected chi connectivity index (χ3v) is 18.4. The standard InChI is InChI=1S/C76H151NO5/c1-3-5-7-9-11-13-15-17-19-21-33-38-42-46-50-54-58-62-66-70-76(81)82-71-67-63-59-55-51-47-43-39-35-32-30-28-26-24-22-23-25-27-29-31-34-37-41-45-49-53-57-61-65-69-75(80)77-73(72-78)74(79)68-64-60-56-52-48-44-40-36-20-18-16-14-12-10-8-6-4-2/h73-74,78-79H,3-72H2,1-2H3,(H,77,80). The second kappa shape index (κ2) is 72.3. The van der Waals surface area contributed by atoms with Gasteiger partial charge in [-0.3, -0.25) is 9.59 Å². The van der Waals surface area contributed by atoms with Crippen LogP contribution in [-0.2, 0) is 14.3 Å². The minimum Gasteiger partial charge on any atom is -0.466 e. The highest BCUT2D eigenvalue weighted by Crippen LogP contribution is 2.20. The summed E-state index contributed by atoms with van der Waals surface area (Å²) in [5, 5.41) is 23.4. The Bertz CT molecular complexity index is 1200. The fourth-order valence-electron chi connectivity index (χ4n) is 12.6. The Morgan fingerprint density at radius 1 is 0.293 bits per heavy atom. The van der Waals surface area contributed by atoms with Crippen LogP contribution in [0.5, 0.6) is 0 Å². The number of carbonyl (C=O) groups is 2. The lowest BCUT2D eigenvalue weighted by molar-refractivity contribution is -0.143. The smallest absolute Gasteiger partial charge is 0.305 e. The summed E-state index contributed by atoms with van der Waals surface area (Å²) in [6.45, 7) is 5.02. The highest BCUT2D eigenvalue weighted by atomic mass is 16.5. The lowest BCUT2D eigenvalue weighted by atomic mass is 10.0. The molecule has 82 heavy (non-hydrogen) atoms. The van der Waals surface area contributed by atoms with Crippen LogP contribution < -0.4 is 5.32 Å². The van der Waals surface area contributed by atoms with E-state index in [0.29, 0.717) is 25.9 Å². The Kier molecular flexibility index (Phi) is 71.3. The van der Waals surface area contributed by atoms with Gasteiger partial charge in [0.25, 0.3) is 0 Å². The molecule has 2 unspecified atom stereocenters. The van der Waals surface area contributed by atoms with Crippen molar-refractivity contribution in [3.63, 3.8) is 0 Å². The number of esters is 1. The Labute approximate surface area is 515 Å². The Morgan fingerprint density at radius 3 is 0.744 bits per heavy atom. The molecule has 1 amide bonds. The summed E-state index contributed by atoms with van der Waals surface area (Å²) in [5.41, 5.74) is 0. The van der Waals surface area contributed by atoms with Gasteiger partial charge in [-0.1, -0.05) is 412 Å². The molecule has 2 atom stereocenters. The maximum absolute atomic E-state index is 12.5. The van der Waals surface area contributed by atoms with Crippen LogP contribution >= 0.6 is 0 Å². The molecular weight excluding hydrogens is 1010 g/mol. The van der Waals surface area contributed by atoms with E-state index in [9.17, 15) is 19.8 Å². The molecule has 0 saturated carbocycles. The van der Waals surface area contributed by atoms with Gasteiger partial charge >= 0.3 is 5.97 Å². The van der Waals surface area contributed by atoms with Gasteiger partial charge in [-0.2, -0.15) is 0 Å². The first kappa shape index (κ1) is 80.9. The van der Waals surface area contributed by atoms with Crippen molar-refractivity contribution in [3.8, 4) is 0 Å². The van der Waals surface area contributed by atoms with Gasteiger partial charge in [0.1, 0.15) is 0 Å². The van der Waals surface area contributed by atoms with Crippen molar-refractivity contribution in [1.29, 1.82) is 0 Å². The first-order valence-corrected chi connectivity index (χ1v) is 38.3. The summed E-state index contributed by atoms with van der Waals surface area (Å²) < 4.78 is 5.52. The first-order valence-electron chi connectivity index (χ1n) is 38.3. The van der Waals surface area contributed by atoms with E-state index in [0.717, 1.165) is 38.5 Å². The monoisotopic (exact) mass is 1160 g/mol. The van der Waals surface area contributed by atoms with E-state index >= 15 is 0 Å². The van der Waals surface area contributed by atoms with Crippen molar-refractivity contribution >= 4 is 11.9 Å². The average molecular weight is 1160 g/mol. The number of nitrogens with one attached hydrogen (secondary N) is 1. The average Bonchev–Trinajstić information content (AvgIpc) is 3.48. The van der Waals surface area contributed by atoms with Gasteiger partial charge in [-0.25, -0.2) is 0 Å². The van der Waals surface area contributed by atoms with E-state index in [-0.39, 0.29) is 18.5 Å². The summed E-state index contributed by atoms with van der Waals surface area (Å²) >= 11 is 0. The summed E-state index contributed by atoms with van der Waals surface area (Å²) in [4.78, 5) is 24.7. The molecule has 3 N–H and O–H groups in total. The van der Waals surface area contributed by atoms with Gasteiger partial charge < -0.3 is 20.3 Å². The number of hydrogen-bond donors (Lipinski definition) is 3. The van der Waals surface area contributed by atoms with Crippen LogP contribution in [0.4, 0.5) is 0 Å². The van der Waals surface area contributed by atoms with Crippen molar-refractivity contribution in [2.45, 2.75) is 463 Å². The number of rotatable bonds is 73. The quantitative estimate of drug-likeness (QED) is 0.0417. The van der Waals surface area contributed by atoms with Crippen LogP contribution in [0, 0.1) is 0 Å². The van der Waals surface area contributed by atoms with Gasteiger partial charge in [0.2, 0.25) is 5.91 Å². The zero-order valence-corrected chi connectivity index (χ0v) is 56.3. The largest absolute Gasteiger partial charge is 0.466 e. The molecule has 0 aliphatic carbocycles. The third kappa shape index (κ3) is 68.0. The Morgan fingerprint density at radius 2 is 0.500 bits per heavy atom. The fraction of sp³-hybridized carbons (Fsp3) is 0.974. The van der Waals surface area contributed by atoms with Crippen LogP contribution in [0.1, 0.15) is 450 Å². The molecule has 0 heterocycles. The molecule has 6 nitrogen and oxygen atoms in total. The van der Waals surface area contributed by atoms with Crippen LogP contribution in [0.25, 0.3) is 0 Å². The van der Waals surface area contributed by atoms with Gasteiger partial charge in [0, 0.05) is 12.8 Å². The summed E-state index contributed by atoms with van der Waals surface area (Å²) in [6, 6.07) is -0.538. The highest BCUT2D eigenvalue weighted by Gasteiger charge is 2.20. The summed E-state index contributed by atoms with van der Waals surface area (Å²) in [6.07, 6.45) is 88.9. The molecule has 0 fully saturated rings. The molecule has 0 bridgehead atoms. The number of carbonyl (C=O) groups excluding carboxylic acids is 2. The lowest BCUT2D eigenvalue weighted by Crippen LogP contribution is -2.45. The SMILES string of the molecule is CCCCCCCCCCCCCCCCCCCCCC(=O)OCCCCCCCCCCCCCCCCCCCCCCCCCCCCCCCC(=O)NC(CO)C(O)CCCCCCCCCCCCCCCCCCC. The van der Waals surface area contributed by atoms with E-state index in [1.54, 1.807) is 0 Å². The van der Waals surface area contributed by atoms with E-state index in [4.69, 9.17) is 4.74 Å². The zero-order valence-electron chi connectivity index (χ0n) is 56.3. The molecule has 0 aromatic rings. The van der Waals surface area contributed by atoms with Crippen molar-refractivity contribution < 1.29 is 24.5 Å². The van der Waals surface area contributed by atoms with Crippen molar-refractivity contribution in [1.82, 2.24) is 5.32 Å². The zero-order chi connectivity index (χ0) is 59.2. The molecule has 6 heteroatoms. The van der Waals surface area contributed by atoms with Gasteiger partial charge in [0.05, 0.1) is 25.4 Å². The molecular formula is C76H151NO5. The van der Waals surface area contributed by atoms with Crippen molar-refractivity contribution in [2.24, 2.45) is 0 Å². The van der Waals surface area contributed by atoms with Crippen molar-refractivity contribution in [2.75, 3.05) is 13.2 Å². The van der Waals surface area contributed by atoms with Crippen LogP contribution in [0.3, 0.4) is 0 Å². The first-order chi connectivity index (χ1) is 40.5. The number of ether oxygens (including phenoxy) is 1. The second-order valence-corrected chi connectivity index (χ2v) is 26.7. The van der Waals surface area contributed by atoms with Gasteiger partial charge in [0.15, 0.2) is 0 Å². The number of hydrogen-bond acceptors (Lipinski definition) is 5. The second-order valence-electron chi connectivity index (χ2n) is 26.7. The topological polar surface area (TPSA) is 95.9 Å². The third-order valence-electron chi connectivity index (χ3n) is 18.4. The maximum atomic E-state index is 12.5. The van der Waals surface area contributed by atoms with Crippen molar-refractivity contribution in [3.05, 3.63) is 0 Å². The predicted octanol–water partition coefficient (Wildman–Crippen LogP) is 24.9. The molecule has 0 rings (SSSR count). The minimum atomic E-state index is -0.661. The predicted molar refractivity (Wildman–Crippen MR) is 361 cm³/mol. The molecule has 0 aromatic heterocycles. The molecule has 0 spiro atoms. The fourth-order valence-corrected chi connectivity index (χ4v) is 12.6. The Hall–Kier alpha value is -1.14.